The van der Waals surface area contributed by atoms with E-state index >= 15 is 0 Å². The third kappa shape index (κ3) is 6.89. The lowest BCUT2D eigenvalue weighted by atomic mass is 10.1. The number of ether oxygens (including phenoxy) is 2. The van der Waals surface area contributed by atoms with Gasteiger partial charge in [-0.2, -0.15) is 0 Å². The van der Waals surface area contributed by atoms with Gasteiger partial charge in [-0.15, -0.1) is 0 Å². The van der Waals surface area contributed by atoms with E-state index in [0.29, 0.717) is 6.54 Å². The van der Waals surface area contributed by atoms with Crippen molar-refractivity contribution in [2.45, 2.75) is 32.4 Å². The first-order chi connectivity index (χ1) is 9.44. The average molecular weight is 281 g/mol. The molecule has 1 rings (SSSR count). The van der Waals surface area contributed by atoms with Crippen LogP contribution in [0.1, 0.15) is 25.8 Å². The van der Waals surface area contributed by atoms with Crippen LogP contribution in [0.25, 0.3) is 0 Å². The van der Waals surface area contributed by atoms with E-state index < -0.39 is 5.60 Å². The highest BCUT2D eigenvalue weighted by atomic mass is 16.5. The Hall–Kier alpha value is -1.10. The van der Waals surface area contributed by atoms with Crippen molar-refractivity contribution in [1.29, 1.82) is 0 Å². The van der Waals surface area contributed by atoms with Crippen molar-refractivity contribution < 1.29 is 14.6 Å². The Labute approximate surface area is 122 Å². The van der Waals surface area contributed by atoms with E-state index in [0.717, 1.165) is 31.9 Å². The zero-order chi connectivity index (χ0) is 15.0. The maximum absolute atomic E-state index is 10.0. The highest BCUT2D eigenvalue weighted by molar-refractivity contribution is 5.27. The summed E-state index contributed by atoms with van der Waals surface area (Å²) in [5.41, 5.74) is 0.520. The van der Waals surface area contributed by atoms with Gasteiger partial charge in [0, 0.05) is 33.4 Å². The van der Waals surface area contributed by atoms with E-state index in [9.17, 15) is 5.11 Å². The standard InChI is InChI=1S/C16H27NO3/c1-16(2,18)13-17(10-5-11-19-3)12-14-6-8-15(20-4)9-7-14/h6-9,18H,5,10-13H2,1-4H3. The number of aliphatic hydroxyl groups is 1. The number of hydrogen-bond donors (Lipinski definition) is 1. The monoisotopic (exact) mass is 281 g/mol. The van der Waals surface area contributed by atoms with E-state index in [2.05, 4.69) is 17.0 Å². The summed E-state index contributed by atoms with van der Waals surface area (Å²) in [7, 11) is 3.38. The van der Waals surface area contributed by atoms with Gasteiger partial charge in [-0.1, -0.05) is 12.1 Å². The Morgan fingerprint density at radius 1 is 1.15 bits per heavy atom. The van der Waals surface area contributed by atoms with Crippen LogP contribution in [0.5, 0.6) is 5.75 Å². The Morgan fingerprint density at radius 3 is 2.30 bits per heavy atom. The molecule has 0 saturated carbocycles. The third-order valence-corrected chi connectivity index (χ3v) is 3.00. The molecule has 0 atom stereocenters. The molecule has 0 fully saturated rings. The molecule has 0 unspecified atom stereocenters. The lowest BCUT2D eigenvalue weighted by Gasteiger charge is -2.29. The van der Waals surface area contributed by atoms with Crippen molar-refractivity contribution >= 4 is 0 Å². The van der Waals surface area contributed by atoms with Crippen molar-refractivity contribution in [3.05, 3.63) is 29.8 Å². The number of benzene rings is 1. The molecule has 1 aromatic rings. The van der Waals surface area contributed by atoms with E-state index in [4.69, 9.17) is 9.47 Å². The van der Waals surface area contributed by atoms with Crippen molar-refractivity contribution in [3.63, 3.8) is 0 Å². The second-order valence-electron chi connectivity index (χ2n) is 5.72. The highest BCUT2D eigenvalue weighted by Gasteiger charge is 2.18. The molecule has 0 heterocycles. The Kier molecular flexibility index (Phi) is 6.99. The van der Waals surface area contributed by atoms with Gasteiger partial charge >= 0.3 is 0 Å². The molecule has 0 radical (unpaired) electrons. The molecule has 0 saturated heterocycles. The minimum atomic E-state index is -0.695. The molecular weight excluding hydrogens is 254 g/mol. The highest BCUT2D eigenvalue weighted by Crippen LogP contribution is 2.15. The van der Waals surface area contributed by atoms with Gasteiger partial charge in [0.1, 0.15) is 5.75 Å². The zero-order valence-electron chi connectivity index (χ0n) is 13.1. The van der Waals surface area contributed by atoms with Gasteiger partial charge in [0.25, 0.3) is 0 Å². The van der Waals surface area contributed by atoms with Gasteiger partial charge in [0.05, 0.1) is 12.7 Å². The number of nitrogens with zero attached hydrogens (tertiary/aromatic N) is 1. The summed E-state index contributed by atoms with van der Waals surface area (Å²) in [6.45, 7) is 6.78. The average Bonchev–Trinajstić information content (AvgIpc) is 2.38. The molecule has 114 valence electrons. The fraction of sp³-hybridized carbons (Fsp3) is 0.625. The Morgan fingerprint density at radius 2 is 1.80 bits per heavy atom. The van der Waals surface area contributed by atoms with Gasteiger partial charge in [-0.3, -0.25) is 4.90 Å². The summed E-state index contributed by atoms with van der Waals surface area (Å²) in [6, 6.07) is 8.05. The summed E-state index contributed by atoms with van der Waals surface area (Å²) in [6.07, 6.45) is 0.961. The molecule has 20 heavy (non-hydrogen) atoms. The second-order valence-corrected chi connectivity index (χ2v) is 5.72. The van der Waals surface area contributed by atoms with Crippen LogP contribution in [-0.2, 0) is 11.3 Å². The fourth-order valence-electron chi connectivity index (χ4n) is 2.18. The SMILES string of the molecule is COCCCN(Cc1ccc(OC)cc1)CC(C)(C)O. The van der Waals surface area contributed by atoms with Gasteiger partial charge in [-0.25, -0.2) is 0 Å². The van der Waals surface area contributed by atoms with E-state index in [1.807, 2.05) is 26.0 Å². The minimum Gasteiger partial charge on any atom is -0.497 e. The van der Waals surface area contributed by atoms with Crippen molar-refractivity contribution in [3.8, 4) is 5.75 Å². The molecule has 4 heteroatoms. The molecule has 0 amide bonds. The molecule has 0 spiro atoms. The normalized spacial score (nSPS) is 11.9. The first-order valence-corrected chi connectivity index (χ1v) is 7.01. The van der Waals surface area contributed by atoms with Crippen LogP contribution >= 0.6 is 0 Å². The van der Waals surface area contributed by atoms with Crippen molar-refractivity contribution in [2.24, 2.45) is 0 Å². The molecule has 4 nitrogen and oxygen atoms in total. The molecule has 1 aromatic carbocycles. The molecule has 0 bridgehead atoms. The topological polar surface area (TPSA) is 41.9 Å². The summed E-state index contributed by atoms with van der Waals surface area (Å²) >= 11 is 0. The first kappa shape index (κ1) is 17.0. The lowest BCUT2D eigenvalue weighted by molar-refractivity contribution is 0.0306. The fourth-order valence-corrected chi connectivity index (χ4v) is 2.18. The van der Waals surface area contributed by atoms with E-state index in [1.54, 1.807) is 14.2 Å². The van der Waals surface area contributed by atoms with Crippen molar-refractivity contribution in [1.82, 2.24) is 4.90 Å². The van der Waals surface area contributed by atoms with Crippen LogP contribution in [0, 0.1) is 0 Å². The molecule has 1 N–H and O–H groups in total. The minimum absolute atomic E-state index is 0.642. The van der Waals surface area contributed by atoms with Crippen LogP contribution in [0.15, 0.2) is 24.3 Å². The zero-order valence-corrected chi connectivity index (χ0v) is 13.1. The maximum Gasteiger partial charge on any atom is 0.118 e. The Balaban J connectivity index is 2.61. The van der Waals surface area contributed by atoms with Crippen LogP contribution in [0.3, 0.4) is 0 Å². The molecule has 0 aliphatic carbocycles. The van der Waals surface area contributed by atoms with Crippen LogP contribution < -0.4 is 4.74 Å². The molecule has 0 aliphatic rings. The number of methoxy groups -OCH3 is 2. The summed E-state index contributed by atoms with van der Waals surface area (Å²) in [5, 5.41) is 10.0. The molecule has 0 aromatic heterocycles. The largest absolute Gasteiger partial charge is 0.497 e. The Bertz CT molecular complexity index is 370. The summed E-state index contributed by atoms with van der Waals surface area (Å²) in [4.78, 5) is 2.25. The van der Waals surface area contributed by atoms with Gasteiger partial charge in [0.15, 0.2) is 0 Å². The van der Waals surface area contributed by atoms with Gasteiger partial charge in [-0.05, 0) is 38.0 Å². The van der Waals surface area contributed by atoms with E-state index in [1.165, 1.54) is 5.56 Å². The summed E-state index contributed by atoms with van der Waals surface area (Å²) in [5.74, 6) is 0.863. The molecule has 0 aliphatic heterocycles. The smallest absolute Gasteiger partial charge is 0.118 e. The first-order valence-electron chi connectivity index (χ1n) is 7.01. The third-order valence-electron chi connectivity index (χ3n) is 3.00. The van der Waals surface area contributed by atoms with Crippen LogP contribution in [-0.4, -0.2) is 49.5 Å². The quantitative estimate of drug-likeness (QED) is 0.705. The van der Waals surface area contributed by atoms with Gasteiger partial charge < -0.3 is 14.6 Å². The van der Waals surface area contributed by atoms with Crippen molar-refractivity contribution in [2.75, 3.05) is 33.9 Å². The van der Waals surface area contributed by atoms with Gasteiger partial charge in [0.2, 0.25) is 0 Å². The van der Waals surface area contributed by atoms with Crippen LogP contribution in [0.4, 0.5) is 0 Å². The van der Waals surface area contributed by atoms with Crippen LogP contribution in [0.2, 0.25) is 0 Å². The predicted molar refractivity (Wildman–Crippen MR) is 81.1 cm³/mol. The second kappa shape index (κ2) is 8.25. The summed E-state index contributed by atoms with van der Waals surface area (Å²) < 4.78 is 10.3. The molecular formula is C16H27NO3. The number of rotatable bonds is 9. The maximum atomic E-state index is 10.0. The lowest BCUT2D eigenvalue weighted by Crippen LogP contribution is -2.39. The predicted octanol–water partition coefficient (Wildman–Crippen LogP) is 2.30. The number of hydrogen-bond acceptors (Lipinski definition) is 4. The van der Waals surface area contributed by atoms with E-state index in [-0.39, 0.29) is 0 Å².